The molecule has 150 valence electrons. The molecule has 0 unspecified atom stereocenters. The van der Waals surface area contributed by atoms with E-state index in [1.165, 1.54) is 11.6 Å². The van der Waals surface area contributed by atoms with Gasteiger partial charge in [-0.05, 0) is 63.0 Å². The molecule has 0 radical (unpaired) electrons. The number of amides is 1. The summed E-state index contributed by atoms with van der Waals surface area (Å²) < 4.78 is 19.6. The van der Waals surface area contributed by atoms with E-state index < -0.39 is 0 Å². The highest BCUT2D eigenvalue weighted by atomic mass is 19.1. The highest BCUT2D eigenvalue weighted by Crippen LogP contribution is 2.21. The Morgan fingerprint density at radius 3 is 2.64 bits per heavy atom. The van der Waals surface area contributed by atoms with Crippen molar-refractivity contribution in [1.29, 1.82) is 0 Å². The van der Waals surface area contributed by atoms with Crippen LogP contribution in [0.4, 0.5) is 4.39 Å². The minimum Gasteiger partial charge on any atom is -0.491 e. The SMILES string of the molecule is Cc1cccc(OCCNC(=O)C2CCN(Cc3ccccc3F)CC2)c1C. The summed E-state index contributed by atoms with van der Waals surface area (Å²) in [6, 6.07) is 12.9. The fourth-order valence-corrected chi connectivity index (χ4v) is 3.58. The van der Waals surface area contributed by atoms with Crippen LogP contribution in [-0.2, 0) is 11.3 Å². The second-order valence-corrected chi connectivity index (χ2v) is 7.48. The fourth-order valence-electron chi connectivity index (χ4n) is 3.58. The first-order valence-electron chi connectivity index (χ1n) is 9.97. The van der Waals surface area contributed by atoms with Crippen molar-refractivity contribution in [3.05, 3.63) is 65.0 Å². The van der Waals surface area contributed by atoms with Gasteiger partial charge in [0, 0.05) is 18.0 Å². The summed E-state index contributed by atoms with van der Waals surface area (Å²) in [6.45, 7) is 7.28. The van der Waals surface area contributed by atoms with Crippen molar-refractivity contribution < 1.29 is 13.9 Å². The number of ether oxygens (including phenoxy) is 1. The predicted molar refractivity (Wildman–Crippen MR) is 109 cm³/mol. The maximum atomic E-state index is 13.8. The number of rotatable bonds is 7. The van der Waals surface area contributed by atoms with Gasteiger partial charge in [-0.2, -0.15) is 0 Å². The quantitative estimate of drug-likeness (QED) is 0.738. The zero-order valence-electron chi connectivity index (χ0n) is 16.7. The largest absolute Gasteiger partial charge is 0.491 e. The summed E-state index contributed by atoms with van der Waals surface area (Å²) in [5.41, 5.74) is 3.05. The zero-order valence-corrected chi connectivity index (χ0v) is 16.7. The average Bonchev–Trinajstić information content (AvgIpc) is 2.70. The molecule has 4 nitrogen and oxygen atoms in total. The van der Waals surface area contributed by atoms with Gasteiger partial charge in [0.05, 0.1) is 6.54 Å². The Morgan fingerprint density at radius 2 is 1.89 bits per heavy atom. The van der Waals surface area contributed by atoms with Crippen LogP contribution in [0, 0.1) is 25.6 Å². The number of carbonyl (C=O) groups excluding carboxylic acids is 1. The lowest BCUT2D eigenvalue weighted by Crippen LogP contribution is -2.41. The first kappa shape index (κ1) is 20.3. The van der Waals surface area contributed by atoms with Crippen molar-refractivity contribution in [3.8, 4) is 5.75 Å². The number of nitrogens with zero attached hydrogens (tertiary/aromatic N) is 1. The maximum Gasteiger partial charge on any atom is 0.223 e. The number of hydrogen-bond acceptors (Lipinski definition) is 3. The molecule has 0 aliphatic carbocycles. The second-order valence-electron chi connectivity index (χ2n) is 7.48. The molecule has 3 rings (SSSR count). The molecular weight excluding hydrogens is 355 g/mol. The van der Waals surface area contributed by atoms with E-state index in [1.54, 1.807) is 6.07 Å². The van der Waals surface area contributed by atoms with Gasteiger partial charge < -0.3 is 10.1 Å². The first-order chi connectivity index (χ1) is 13.5. The van der Waals surface area contributed by atoms with Crippen LogP contribution < -0.4 is 10.1 Å². The topological polar surface area (TPSA) is 41.6 Å². The minimum absolute atomic E-state index is 0.0255. The standard InChI is InChI=1S/C23H29FN2O2/c1-17-6-5-9-22(18(17)2)28-15-12-25-23(27)19-10-13-26(14-11-19)16-20-7-3-4-8-21(20)24/h3-9,19H,10-16H2,1-2H3,(H,25,27). The zero-order chi connectivity index (χ0) is 19.9. The monoisotopic (exact) mass is 384 g/mol. The van der Waals surface area contributed by atoms with E-state index in [-0.39, 0.29) is 17.6 Å². The van der Waals surface area contributed by atoms with Gasteiger partial charge in [-0.3, -0.25) is 9.69 Å². The van der Waals surface area contributed by atoms with E-state index in [1.807, 2.05) is 31.2 Å². The molecule has 1 heterocycles. The Morgan fingerprint density at radius 1 is 1.14 bits per heavy atom. The van der Waals surface area contributed by atoms with Gasteiger partial charge in [-0.25, -0.2) is 4.39 Å². The molecule has 1 saturated heterocycles. The third kappa shape index (κ3) is 5.32. The summed E-state index contributed by atoms with van der Waals surface area (Å²) in [5.74, 6) is 0.828. The van der Waals surface area contributed by atoms with Gasteiger partial charge >= 0.3 is 0 Å². The summed E-state index contributed by atoms with van der Waals surface area (Å²) in [7, 11) is 0. The predicted octanol–water partition coefficient (Wildman–Crippen LogP) is 3.85. The van der Waals surface area contributed by atoms with Crippen LogP contribution in [0.3, 0.4) is 0 Å². The molecule has 1 fully saturated rings. The molecule has 0 saturated carbocycles. The molecule has 2 aromatic carbocycles. The van der Waals surface area contributed by atoms with Gasteiger partial charge in [0.1, 0.15) is 18.2 Å². The summed E-state index contributed by atoms with van der Waals surface area (Å²) in [5, 5.41) is 2.99. The Balaban J connectivity index is 1.37. The fraction of sp³-hybridized carbons (Fsp3) is 0.435. The summed E-state index contributed by atoms with van der Waals surface area (Å²) in [6.07, 6.45) is 1.61. The number of nitrogens with one attached hydrogen (secondary N) is 1. The van der Waals surface area contributed by atoms with Crippen LogP contribution >= 0.6 is 0 Å². The molecule has 2 aromatic rings. The molecule has 1 aliphatic rings. The lowest BCUT2D eigenvalue weighted by Gasteiger charge is -2.31. The van der Waals surface area contributed by atoms with Crippen LogP contribution in [0.1, 0.15) is 29.5 Å². The van der Waals surface area contributed by atoms with Crippen LogP contribution in [0.5, 0.6) is 5.75 Å². The molecule has 1 N–H and O–H groups in total. The van der Waals surface area contributed by atoms with Crippen molar-refractivity contribution in [1.82, 2.24) is 10.2 Å². The van der Waals surface area contributed by atoms with E-state index in [0.717, 1.165) is 37.2 Å². The van der Waals surface area contributed by atoms with Crippen LogP contribution in [0.15, 0.2) is 42.5 Å². The van der Waals surface area contributed by atoms with Crippen molar-refractivity contribution in [2.24, 2.45) is 5.92 Å². The number of halogens is 1. The maximum absolute atomic E-state index is 13.8. The highest BCUT2D eigenvalue weighted by molar-refractivity contribution is 5.78. The number of carbonyl (C=O) groups is 1. The van der Waals surface area contributed by atoms with E-state index in [0.29, 0.717) is 25.3 Å². The van der Waals surface area contributed by atoms with Gasteiger partial charge in [-0.15, -0.1) is 0 Å². The summed E-state index contributed by atoms with van der Waals surface area (Å²) in [4.78, 5) is 14.6. The molecule has 0 bridgehead atoms. The van der Waals surface area contributed by atoms with Crippen molar-refractivity contribution >= 4 is 5.91 Å². The lowest BCUT2D eigenvalue weighted by atomic mass is 9.95. The van der Waals surface area contributed by atoms with Crippen molar-refractivity contribution in [3.63, 3.8) is 0 Å². The lowest BCUT2D eigenvalue weighted by molar-refractivity contribution is -0.126. The molecule has 0 spiro atoms. The van der Waals surface area contributed by atoms with Gasteiger partial charge in [0.2, 0.25) is 5.91 Å². The Labute approximate surface area is 166 Å². The van der Waals surface area contributed by atoms with Crippen LogP contribution in [0.25, 0.3) is 0 Å². The third-order valence-electron chi connectivity index (χ3n) is 5.52. The number of hydrogen-bond donors (Lipinski definition) is 1. The molecule has 5 heteroatoms. The molecule has 1 aliphatic heterocycles. The van der Waals surface area contributed by atoms with Gasteiger partial charge in [-0.1, -0.05) is 30.3 Å². The number of likely N-dealkylation sites (tertiary alicyclic amines) is 1. The Hall–Kier alpha value is -2.40. The molecule has 0 aromatic heterocycles. The second kappa shape index (κ2) is 9.69. The summed E-state index contributed by atoms with van der Waals surface area (Å²) >= 11 is 0. The molecule has 28 heavy (non-hydrogen) atoms. The average molecular weight is 384 g/mol. The van der Waals surface area contributed by atoms with Crippen molar-refractivity contribution in [2.75, 3.05) is 26.2 Å². The number of piperidine rings is 1. The van der Waals surface area contributed by atoms with Gasteiger partial charge in [0.25, 0.3) is 0 Å². The Kier molecular flexibility index (Phi) is 7.04. The molecule has 0 atom stereocenters. The van der Waals surface area contributed by atoms with E-state index in [4.69, 9.17) is 4.74 Å². The normalized spacial score (nSPS) is 15.4. The Bertz CT molecular complexity index is 801. The van der Waals surface area contributed by atoms with Gasteiger partial charge in [0.15, 0.2) is 0 Å². The van der Waals surface area contributed by atoms with Crippen molar-refractivity contribution in [2.45, 2.75) is 33.2 Å². The van der Waals surface area contributed by atoms with E-state index in [9.17, 15) is 9.18 Å². The first-order valence-corrected chi connectivity index (χ1v) is 9.97. The van der Waals surface area contributed by atoms with E-state index in [2.05, 4.69) is 23.2 Å². The van der Waals surface area contributed by atoms with Crippen LogP contribution in [-0.4, -0.2) is 37.0 Å². The molecular formula is C23H29FN2O2. The smallest absolute Gasteiger partial charge is 0.223 e. The number of benzene rings is 2. The number of aryl methyl sites for hydroxylation is 1. The highest BCUT2D eigenvalue weighted by Gasteiger charge is 2.25. The molecule has 1 amide bonds. The van der Waals surface area contributed by atoms with Crippen LogP contribution in [0.2, 0.25) is 0 Å². The van der Waals surface area contributed by atoms with E-state index >= 15 is 0 Å². The third-order valence-corrected chi connectivity index (χ3v) is 5.52. The minimum atomic E-state index is -0.161.